The maximum absolute atomic E-state index is 10.9. The minimum absolute atomic E-state index is 0.0782. The van der Waals surface area contributed by atoms with Crippen LogP contribution in [0.25, 0.3) is 0 Å². The summed E-state index contributed by atoms with van der Waals surface area (Å²) in [6.07, 6.45) is 3.28. The summed E-state index contributed by atoms with van der Waals surface area (Å²) in [4.78, 5) is 10.9. The Morgan fingerprint density at radius 3 is 3.33 bits per heavy atom. The van der Waals surface area contributed by atoms with Crippen molar-refractivity contribution in [2.45, 2.75) is 32.1 Å². The second-order valence-electron chi connectivity index (χ2n) is 3.29. The van der Waals surface area contributed by atoms with E-state index in [4.69, 9.17) is 0 Å². The highest BCUT2D eigenvalue weighted by molar-refractivity contribution is 5.26. The Balaban J connectivity index is 2.47. The van der Waals surface area contributed by atoms with Gasteiger partial charge in [-0.2, -0.15) is 5.10 Å². The number of hydrogen-bond donors (Lipinski definition) is 1. The van der Waals surface area contributed by atoms with Crippen LogP contribution in [0.5, 0.6) is 0 Å². The van der Waals surface area contributed by atoms with Gasteiger partial charge in [-0.3, -0.25) is 4.79 Å². The molecule has 0 radical (unpaired) electrons. The van der Waals surface area contributed by atoms with Gasteiger partial charge in [-0.1, -0.05) is 6.92 Å². The summed E-state index contributed by atoms with van der Waals surface area (Å²) in [6.45, 7) is 2.16. The fraction of sp³-hybridized carbons (Fsp3) is 0.556. The normalized spacial score (nSPS) is 20.9. The van der Waals surface area contributed by atoms with Crippen molar-refractivity contribution in [1.29, 1.82) is 0 Å². The predicted molar refractivity (Wildman–Crippen MR) is 46.2 cm³/mol. The van der Waals surface area contributed by atoms with E-state index in [-0.39, 0.29) is 5.56 Å². The third kappa shape index (κ3) is 1.05. The molecule has 0 bridgehead atoms. The van der Waals surface area contributed by atoms with Crippen LogP contribution in [0.4, 0.5) is 0 Å². The van der Waals surface area contributed by atoms with Crippen molar-refractivity contribution in [3.8, 4) is 0 Å². The molecular weight excluding hydrogens is 152 g/mol. The van der Waals surface area contributed by atoms with Crippen LogP contribution in [0.3, 0.4) is 0 Å². The van der Waals surface area contributed by atoms with Crippen molar-refractivity contribution >= 4 is 0 Å². The van der Waals surface area contributed by atoms with Gasteiger partial charge < -0.3 is 0 Å². The molecule has 2 rings (SSSR count). The van der Waals surface area contributed by atoms with Gasteiger partial charge in [0.05, 0.1) is 5.69 Å². The number of hydrogen-bond acceptors (Lipinski definition) is 2. The molecule has 12 heavy (non-hydrogen) atoms. The van der Waals surface area contributed by atoms with Gasteiger partial charge >= 0.3 is 0 Å². The highest BCUT2D eigenvalue weighted by Crippen LogP contribution is 2.31. The van der Waals surface area contributed by atoms with Crippen molar-refractivity contribution < 1.29 is 0 Å². The van der Waals surface area contributed by atoms with Crippen molar-refractivity contribution in [3.05, 3.63) is 27.7 Å². The average Bonchev–Trinajstić information content (AvgIpc) is 2.46. The summed E-state index contributed by atoms with van der Waals surface area (Å²) in [5.74, 6) is 0.567. The molecule has 1 unspecified atom stereocenters. The lowest BCUT2D eigenvalue weighted by Gasteiger charge is -2.04. The summed E-state index contributed by atoms with van der Waals surface area (Å²) in [6, 6.07) is 1.68. The Labute approximate surface area is 70.8 Å². The minimum atomic E-state index is -0.0782. The number of rotatable bonds is 1. The van der Waals surface area contributed by atoms with Gasteiger partial charge in [-0.15, -0.1) is 0 Å². The standard InChI is InChI=1S/C9H12N2O/c1-2-6-3-4-7-5-8(12)10-11-9(6)7/h5-6H,2-4H2,1H3,(H,10,12). The molecule has 0 saturated carbocycles. The molecule has 0 aromatic carbocycles. The number of fused-ring (bicyclic) bond motifs is 1. The van der Waals surface area contributed by atoms with E-state index in [2.05, 4.69) is 17.1 Å². The van der Waals surface area contributed by atoms with Gasteiger partial charge in [0, 0.05) is 12.0 Å². The largest absolute Gasteiger partial charge is 0.268 e. The molecular formula is C9H12N2O. The Kier molecular flexibility index (Phi) is 1.71. The molecule has 0 fully saturated rings. The summed E-state index contributed by atoms with van der Waals surface area (Å²) in [7, 11) is 0. The van der Waals surface area contributed by atoms with E-state index in [9.17, 15) is 4.79 Å². The molecule has 64 valence electrons. The molecule has 1 aromatic rings. The van der Waals surface area contributed by atoms with E-state index in [0.29, 0.717) is 5.92 Å². The van der Waals surface area contributed by atoms with E-state index in [1.165, 1.54) is 0 Å². The average molecular weight is 164 g/mol. The SMILES string of the molecule is CCC1CCc2cc(=O)[nH]nc21. The Bertz CT molecular complexity index is 343. The Hall–Kier alpha value is -1.12. The number of aromatic amines is 1. The second kappa shape index (κ2) is 2.73. The number of H-pyrrole nitrogens is 1. The minimum Gasteiger partial charge on any atom is -0.268 e. The zero-order chi connectivity index (χ0) is 8.55. The van der Waals surface area contributed by atoms with Crippen LogP contribution in [-0.4, -0.2) is 10.2 Å². The first-order chi connectivity index (χ1) is 5.81. The molecule has 1 aromatic heterocycles. The van der Waals surface area contributed by atoms with Gasteiger partial charge in [-0.25, -0.2) is 5.10 Å². The smallest absolute Gasteiger partial charge is 0.264 e. The zero-order valence-electron chi connectivity index (χ0n) is 7.13. The highest BCUT2D eigenvalue weighted by atomic mass is 16.1. The van der Waals surface area contributed by atoms with E-state index < -0.39 is 0 Å². The Morgan fingerprint density at radius 1 is 1.75 bits per heavy atom. The van der Waals surface area contributed by atoms with Gasteiger partial charge in [0.25, 0.3) is 5.56 Å². The lowest BCUT2D eigenvalue weighted by molar-refractivity contribution is 0.634. The van der Waals surface area contributed by atoms with E-state index in [1.54, 1.807) is 6.07 Å². The fourth-order valence-electron chi connectivity index (χ4n) is 1.87. The van der Waals surface area contributed by atoms with Crippen molar-refractivity contribution in [3.63, 3.8) is 0 Å². The van der Waals surface area contributed by atoms with Crippen LogP contribution >= 0.6 is 0 Å². The van der Waals surface area contributed by atoms with Crippen LogP contribution in [0.1, 0.15) is 36.9 Å². The monoisotopic (exact) mass is 164 g/mol. The fourth-order valence-corrected chi connectivity index (χ4v) is 1.87. The summed E-state index contributed by atoms with van der Waals surface area (Å²) < 4.78 is 0. The highest BCUT2D eigenvalue weighted by Gasteiger charge is 2.22. The first-order valence-electron chi connectivity index (χ1n) is 4.39. The maximum atomic E-state index is 10.9. The van der Waals surface area contributed by atoms with Crippen LogP contribution in [0.15, 0.2) is 10.9 Å². The first-order valence-corrected chi connectivity index (χ1v) is 4.39. The molecule has 1 N–H and O–H groups in total. The second-order valence-corrected chi connectivity index (χ2v) is 3.29. The predicted octanol–water partition coefficient (Wildman–Crippen LogP) is 1.21. The molecule has 0 spiro atoms. The molecule has 1 heterocycles. The van der Waals surface area contributed by atoms with Gasteiger partial charge in [0.2, 0.25) is 0 Å². The number of aryl methyl sites for hydroxylation is 1. The molecule has 1 aliphatic carbocycles. The molecule has 0 saturated heterocycles. The number of nitrogens with zero attached hydrogens (tertiary/aromatic N) is 1. The lowest BCUT2D eigenvalue weighted by Crippen LogP contribution is -2.10. The molecule has 0 aliphatic heterocycles. The van der Waals surface area contributed by atoms with Crippen LogP contribution in [0.2, 0.25) is 0 Å². The first kappa shape index (κ1) is 7.53. The molecule has 1 aliphatic rings. The maximum Gasteiger partial charge on any atom is 0.264 e. The van der Waals surface area contributed by atoms with Crippen LogP contribution in [0, 0.1) is 0 Å². The number of nitrogens with one attached hydrogen (secondary N) is 1. The van der Waals surface area contributed by atoms with Crippen LogP contribution in [-0.2, 0) is 6.42 Å². The quantitative estimate of drug-likeness (QED) is 0.678. The summed E-state index contributed by atoms with van der Waals surface area (Å²) in [5.41, 5.74) is 2.17. The van der Waals surface area contributed by atoms with Gasteiger partial charge in [0.15, 0.2) is 0 Å². The van der Waals surface area contributed by atoms with Crippen molar-refractivity contribution in [1.82, 2.24) is 10.2 Å². The molecule has 0 amide bonds. The van der Waals surface area contributed by atoms with E-state index in [0.717, 1.165) is 30.5 Å². The lowest BCUT2D eigenvalue weighted by atomic mass is 10.0. The van der Waals surface area contributed by atoms with E-state index >= 15 is 0 Å². The van der Waals surface area contributed by atoms with Crippen molar-refractivity contribution in [2.75, 3.05) is 0 Å². The zero-order valence-corrected chi connectivity index (χ0v) is 7.13. The third-order valence-electron chi connectivity index (χ3n) is 2.56. The summed E-state index contributed by atoms with van der Waals surface area (Å²) in [5, 5.41) is 6.56. The molecule has 3 nitrogen and oxygen atoms in total. The van der Waals surface area contributed by atoms with E-state index in [1.807, 2.05) is 0 Å². The topological polar surface area (TPSA) is 45.8 Å². The molecule has 1 atom stereocenters. The van der Waals surface area contributed by atoms with Crippen LogP contribution < -0.4 is 5.56 Å². The van der Waals surface area contributed by atoms with Crippen molar-refractivity contribution in [2.24, 2.45) is 0 Å². The third-order valence-corrected chi connectivity index (χ3v) is 2.56. The van der Waals surface area contributed by atoms with Gasteiger partial charge in [-0.05, 0) is 24.8 Å². The van der Waals surface area contributed by atoms with Gasteiger partial charge in [0.1, 0.15) is 0 Å². The summed E-state index contributed by atoms with van der Waals surface area (Å²) >= 11 is 0. The molecule has 3 heteroatoms. The number of aromatic nitrogens is 2. The Morgan fingerprint density at radius 2 is 2.58 bits per heavy atom.